The van der Waals surface area contributed by atoms with Crippen LogP contribution in [0.4, 0.5) is 5.13 Å². The number of rotatable bonds is 2. The molecule has 0 radical (unpaired) electrons. The van der Waals surface area contributed by atoms with Crippen molar-refractivity contribution in [2.75, 3.05) is 4.90 Å². The van der Waals surface area contributed by atoms with Gasteiger partial charge in [-0.15, -0.1) is 11.3 Å². The van der Waals surface area contributed by atoms with Crippen molar-refractivity contribution in [1.29, 1.82) is 0 Å². The summed E-state index contributed by atoms with van der Waals surface area (Å²) in [6, 6.07) is 14.1. The van der Waals surface area contributed by atoms with Crippen molar-refractivity contribution in [3.05, 3.63) is 91.2 Å². The maximum Gasteiger partial charge on any atom is 0.297 e. The number of amides is 1. The van der Waals surface area contributed by atoms with Crippen LogP contribution < -0.4 is 10.3 Å². The molecule has 0 bridgehead atoms. The summed E-state index contributed by atoms with van der Waals surface area (Å²) >= 11 is 4.78. The summed E-state index contributed by atoms with van der Waals surface area (Å²) < 4.78 is 6.71. The highest BCUT2D eigenvalue weighted by Crippen LogP contribution is 2.42. The van der Waals surface area contributed by atoms with Gasteiger partial charge in [0.05, 0.1) is 22.7 Å². The molecule has 0 N–H and O–H groups in total. The smallest absolute Gasteiger partial charge is 0.297 e. The Kier molecular flexibility index (Phi) is 3.96. The minimum absolute atomic E-state index is 0.0847. The first-order chi connectivity index (χ1) is 13.5. The number of hydrogen-bond donors (Lipinski definition) is 0. The number of carbonyl (C=O) groups is 1. The van der Waals surface area contributed by atoms with E-state index in [0.29, 0.717) is 21.7 Å². The van der Waals surface area contributed by atoms with E-state index >= 15 is 0 Å². The van der Waals surface area contributed by atoms with Crippen LogP contribution in [0, 0.1) is 6.92 Å². The van der Waals surface area contributed by atoms with Gasteiger partial charge in [-0.2, -0.15) is 0 Å². The van der Waals surface area contributed by atoms with E-state index in [0.717, 1.165) is 15.7 Å². The van der Waals surface area contributed by atoms with Gasteiger partial charge in [-0.3, -0.25) is 14.5 Å². The monoisotopic (exact) mass is 452 g/mol. The highest BCUT2D eigenvalue weighted by molar-refractivity contribution is 9.10. The van der Waals surface area contributed by atoms with Gasteiger partial charge < -0.3 is 4.42 Å². The van der Waals surface area contributed by atoms with E-state index < -0.39 is 6.04 Å². The standard InChI is InChI=1S/C21H13BrN2O3S/c1-11-10-28-21(23-11)24-17(12-5-3-2-4-6-12)16-18(25)14-9-13(22)7-8-15(14)27-19(16)20(24)26/h2-10,17H,1H3/t17-/m0/s1. The quantitative estimate of drug-likeness (QED) is 0.425. The highest BCUT2D eigenvalue weighted by atomic mass is 79.9. The van der Waals surface area contributed by atoms with Crippen LogP contribution >= 0.6 is 27.3 Å². The van der Waals surface area contributed by atoms with Crippen LogP contribution in [-0.2, 0) is 0 Å². The molecule has 3 heterocycles. The van der Waals surface area contributed by atoms with Crippen LogP contribution in [0.5, 0.6) is 0 Å². The zero-order valence-electron chi connectivity index (χ0n) is 14.7. The summed E-state index contributed by atoms with van der Waals surface area (Å²) in [5.41, 5.74) is 2.21. The maximum atomic E-state index is 13.4. The van der Waals surface area contributed by atoms with E-state index in [1.54, 1.807) is 23.1 Å². The fourth-order valence-corrected chi connectivity index (χ4v) is 4.73. The number of fused-ring (bicyclic) bond motifs is 2. The molecular formula is C21H13BrN2O3S. The molecule has 2 aromatic heterocycles. The molecule has 5 nitrogen and oxygen atoms in total. The molecule has 0 spiro atoms. The van der Waals surface area contributed by atoms with E-state index in [4.69, 9.17) is 4.42 Å². The third-order valence-corrected chi connectivity index (χ3v) is 6.21. The third-order valence-electron chi connectivity index (χ3n) is 4.76. The van der Waals surface area contributed by atoms with Crippen molar-refractivity contribution < 1.29 is 9.21 Å². The van der Waals surface area contributed by atoms with Crippen LogP contribution in [0.15, 0.2) is 67.6 Å². The summed E-state index contributed by atoms with van der Waals surface area (Å²) in [7, 11) is 0. The number of nitrogens with zero attached hydrogens (tertiary/aromatic N) is 2. The third kappa shape index (κ3) is 2.54. The Hall–Kier alpha value is -2.77. The lowest BCUT2D eigenvalue weighted by Crippen LogP contribution is -2.29. The van der Waals surface area contributed by atoms with Gasteiger partial charge in [0.1, 0.15) is 5.58 Å². The fraction of sp³-hybridized carbons (Fsp3) is 0.0952. The Morgan fingerprint density at radius 3 is 2.64 bits per heavy atom. The normalized spacial score (nSPS) is 16.0. The van der Waals surface area contributed by atoms with Crippen LogP contribution in [0.3, 0.4) is 0 Å². The predicted molar refractivity (Wildman–Crippen MR) is 112 cm³/mol. The van der Waals surface area contributed by atoms with Crippen LogP contribution in [0.2, 0.25) is 0 Å². The molecule has 0 saturated heterocycles. The zero-order valence-corrected chi connectivity index (χ0v) is 17.1. The summed E-state index contributed by atoms with van der Waals surface area (Å²) in [4.78, 5) is 32.8. The van der Waals surface area contributed by atoms with E-state index in [1.165, 1.54) is 11.3 Å². The first-order valence-electron chi connectivity index (χ1n) is 8.61. The second kappa shape index (κ2) is 6.39. The first kappa shape index (κ1) is 17.3. The largest absolute Gasteiger partial charge is 0.450 e. The second-order valence-electron chi connectivity index (χ2n) is 6.57. The molecule has 0 aliphatic carbocycles. The summed E-state index contributed by atoms with van der Waals surface area (Å²) in [5.74, 6) is -0.262. The molecule has 7 heteroatoms. The number of thiazole rings is 1. The van der Waals surface area contributed by atoms with Gasteiger partial charge >= 0.3 is 0 Å². The number of benzene rings is 2. The molecule has 1 atom stereocenters. The Morgan fingerprint density at radius 1 is 1.14 bits per heavy atom. The van der Waals surface area contributed by atoms with Crippen LogP contribution in [0.1, 0.15) is 33.4 Å². The number of aryl methyl sites for hydroxylation is 1. The first-order valence-corrected chi connectivity index (χ1v) is 10.3. The molecule has 28 heavy (non-hydrogen) atoms. The second-order valence-corrected chi connectivity index (χ2v) is 8.33. The molecule has 5 rings (SSSR count). The lowest BCUT2D eigenvalue weighted by molar-refractivity contribution is 0.0971. The molecule has 1 aliphatic rings. The Balaban J connectivity index is 1.84. The van der Waals surface area contributed by atoms with E-state index in [9.17, 15) is 9.59 Å². The van der Waals surface area contributed by atoms with Crippen molar-refractivity contribution in [3.8, 4) is 0 Å². The fourth-order valence-electron chi connectivity index (χ4n) is 3.55. The van der Waals surface area contributed by atoms with E-state index in [1.807, 2.05) is 42.6 Å². The van der Waals surface area contributed by atoms with Gasteiger partial charge in [0.25, 0.3) is 5.91 Å². The number of aromatic nitrogens is 1. The van der Waals surface area contributed by atoms with Gasteiger partial charge in [-0.25, -0.2) is 4.98 Å². The Labute approximate surface area is 172 Å². The molecule has 0 saturated carbocycles. The molecule has 4 aromatic rings. The molecule has 1 aliphatic heterocycles. The van der Waals surface area contributed by atoms with Gasteiger partial charge in [0.15, 0.2) is 10.6 Å². The summed E-state index contributed by atoms with van der Waals surface area (Å²) in [5, 5.41) is 2.88. The minimum Gasteiger partial charge on any atom is -0.450 e. The van der Waals surface area contributed by atoms with Crippen molar-refractivity contribution >= 4 is 49.3 Å². The topological polar surface area (TPSA) is 63.4 Å². The van der Waals surface area contributed by atoms with Gasteiger partial charge in [0, 0.05) is 9.85 Å². The summed E-state index contributed by atoms with van der Waals surface area (Å²) in [6.07, 6.45) is 0. The molecule has 1 amide bonds. The number of halogens is 1. The molecule has 0 fully saturated rings. The van der Waals surface area contributed by atoms with Crippen LogP contribution in [-0.4, -0.2) is 10.9 Å². The maximum absolute atomic E-state index is 13.4. The number of anilines is 1. The molecule has 138 valence electrons. The van der Waals surface area contributed by atoms with Crippen molar-refractivity contribution in [3.63, 3.8) is 0 Å². The molecule has 0 unspecified atom stereocenters. The van der Waals surface area contributed by atoms with E-state index in [-0.39, 0.29) is 17.1 Å². The Bertz CT molecular complexity index is 1300. The predicted octanol–water partition coefficient (Wildman–Crippen LogP) is 5.07. The highest BCUT2D eigenvalue weighted by Gasteiger charge is 2.44. The van der Waals surface area contributed by atoms with E-state index in [2.05, 4.69) is 20.9 Å². The average Bonchev–Trinajstić information content (AvgIpc) is 3.24. The number of carbonyl (C=O) groups excluding carboxylic acids is 1. The average molecular weight is 453 g/mol. The lowest BCUT2D eigenvalue weighted by Gasteiger charge is -2.22. The lowest BCUT2D eigenvalue weighted by atomic mass is 9.99. The molecule has 2 aromatic carbocycles. The van der Waals surface area contributed by atoms with Crippen molar-refractivity contribution in [2.45, 2.75) is 13.0 Å². The minimum atomic E-state index is -0.575. The SMILES string of the molecule is Cc1csc(N2C(=O)c3oc4ccc(Br)cc4c(=O)c3[C@@H]2c2ccccc2)n1. The van der Waals surface area contributed by atoms with Crippen LogP contribution in [0.25, 0.3) is 11.0 Å². The molecular weight excluding hydrogens is 440 g/mol. The van der Waals surface area contributed by atoms with Gasteiger partial charge in [0.2, 0.25) is 5.76 Å². The number of hydrogen-bond acceptors (Lipinski definition) is 5. The van der Waals surface area contributed by atoms with Crippen molar-refractivity contribution in [1.82, 2.24) is 4.98 Å². The van der Waals surface area contributed by atoms with Gasteiger partial charge in [-0.1, -0.05) is 46.3 Å². The van der Waals surface area contributed by atoms with Gasteiger partial charge in [-0.05, 0) is 30.7 Å². The summed E-state index contributed by atoms with van der Waals surface area (Å²) in [6.45, 7) is 1.88. The van der Waals surface area contributed by atoms with Crippen molar-refractivity contribution in [2.24, 2.45) is 0 Å². The Morgan fingerprint density at radius 2 is 1.93 bits per heavy atom. The zero-order chi connectivity index (χ0) is 19.4.